The van der Waals surface area contributed by atoms with Crippen molar-refractivity contribution in [1.82, 2.24) is 0 Å². The van der Waals surface area contributed by atoms with E-state index < -0.39 is 5.60 Å². The third-order valence-electron chi connectivity index (χ3n) is 10.5. The van der Waals surface area contributed by atoms with E-state index in [-0.39, 0.29) is 11.3 Å². The second-order valence-electron chi connectivity index (χ2n) is 14.2. The van der Waals surface area contributed by atoms with Crippen molar-refractivity contribution < 1.29 is 4.74 Å². The van der Waals surface area contributed by atoms with Gasteiger partial charge >= 0.3 is 0 Å². The van der Waals surface area contributed by atoms with Crippen molar-refractivity contribution in [2.75, 3.05) is 18.0 Å². The maximum atomic E-state index is 10.4. The van der Waals surface area contributed by atoms with E-state index >= 15 is 0 Å². The maximum Gasteiger partial charge on any atom is 0.172 e. The first-order chi connectivity index (χ1) is 23.9. The van der Waals surface area contributed by atoms with Crippen molar-refractivity contribution in [3.63, 3.8) is 0 Å². The molecule has 0 aliphatic carbocycles. The minimum atomic E-state index is -0.713. The first-order valence-corrected chi connectivity index (χ1v) is 19.8. The van der Waals surface area contributed by atoms with Gasteiger partial charge in [0, 0.05) is 24.4 Å². The quantitative estimate of drug-likeness (QED) is 0.0766. The molecule has 2 unspecified atom stereocenters. The fourth-order valence-corrected chi connectivity index (χ4v) is 7.19. The summed E-state index contributed by atoms with van der Waals surface area (Å²) in [5.41, 5.74) is 2.66. The molecule has 268 valence electrons. The molecule has 0 aromatic heterocycles. The Kier molecular flexibility index (Phi) is 20.2. The van der Waals surface area contributed by atoms with Crippen LogP contribution in [-0.4, -0.2) is 18.7 Å². The lowest BCUT2D eigenvalue weighted by atomic mass is 9.82. The Hall–Kier alpha value is -3.49. The van der Waals surface area contributed by atoms with E-state index in [1.54, 1.807) is 0 Å². The maximum absolute atomic E-state index is 10.4. The van der Waals surface area contributed by atoms with Gasteiger partial charge in [-0.3, -0.25) is 0 Å². The van der Waals surface area contributed by atoms with Gasteiger partial charge in [0.25, 0.3) is 0 Å². The first kappa shape index (κ1) is 41.7. The van der Waals surface area contributed by atoms with Gasteiger partial charge in [-0.2, -0.15) is 15.8 Å². The Bertz CT molecular complexity index is 1270. The number of rotatable bonds is 25. The minimum absolute atomic E-state index is 0.121. The SMILES string of the molecule is CCCCCCC1(CCCCCC)OC(=C(C#N)C#N)C(C#N)=C1/C=C/c1ccc(N(CC(CC)CCCC)CC(CC)CCCC)cc1. The Morgan fingerprint density at radius 1 is 0.694 bits per heavy atom. The Balaban J connectivity index is 2.52. The van der Waals surface area contributed by atoms with E-state index in [4.69, 9.17) is 4.74 Å². The normalized spacial score (nSPS) is 15.0. The Labute approximate surface area is 300 Å². The number of nitriles is 3. The first-order valence-electron chi connectivity index (χ1n) is 19.8. The largest absolute Gasteiger partial charge is 0.479 e. The molecule has 2 atom stereocenters. The fraction of sp³-hybridized carbons (Fsp3) is 0.659. The molecule has 1 aromatic carbocycles. The highest BCUT2D eigenvalue weighted by molar-refractivity contribution is 5.65. The van der Waals surface area contributed by atoms with E-state index in [0.29, 0.717) is 17.4 Å². The zero-order chi connectivity index (χ0) is 35.9. The zero-order valence-corrected chi connectivity index (χ0v) is 32.0. The van der Waals surface area contributed by atoms with E-state index in [9.17, 15) is 15.8 Å². The van der Waals surface area contributed by atoms with Crippen molar-refractivity contribution in [3.05, 3.63) is 58.4 Å². The Morgan fingerprint density at radius 3 is 1.63 bits per heavy atom. The van der Waals surface area contributed by atoms with Gasteiger partial charge in [0.2, 0.25) is 0 Å². The molecule has 0 spiro atoms. The van der Waals surface area contributed by atoms with Gasteiger partial charge in [0.1, 0.15) is 29.4 Å². The molecule has 0 amide bonds. The number of allylic oxidation sites excluding steroid dienone is 2. The van der Waals surface area contributed by atoms with Crippen molar-refractivity contribution in [2.24, 2.45) is 11.8 Å². The van der Waals surface area contributed by atoms with Crippen LogP contribution in [0.5, 0.6) is 0 Å². The van der Waals surface area contributed by atoms with Crippen molar-refractivity contribution in [2.45, 2.75) is 163 Å². The molecule has 0 bridgehead atoms. The van der Waals surface area contributed by atoms with Crippen LogP contribution in [0.15, 0.2) is 52.8 Å². The molecule has 0 radical (unpaired) electrons. The second kappa shape index (κ2) is 23.8. The molecule has 1 heterocycles. The lowest BCUT2D eigenvalue weighted by Crippen LogP contribution is -2.34. The number of unbranched alkanes of at least 4 members (excludes halogenated alkanes) is 8. The summed E-state index contributed by atoms with van der Waals surface area (Å²) in [6, 6.07) is 15.3. The van der Waals surface area contributed by atoms with Gasteiger partial charge in [-0.05, 0) is 68.1 Å². The highest BCUT2D eigenvalue weighted by Gasteiger charge is 2.45. The van der Waals surface area contributed by atoms with Crippen molar-refractivity contribution in [1.29, 1.82) is 15.8 Å². The van der Waals surface area contributed by atoms with Crippen LogP contribution >= 0.6 is 0 Å². The summed E-state index contributed by atoms with van der Waals surface area (Å²) < 4.78 is 6.64. The van der Waals surface area contributed by atoms with Crippen LogP contribution < -0.4 is 4.90 Å². The molecule has 0 saturated carbocycles. The number of benzene rings is 1. The van der Waals surface area contributed by atoms with Gasteiger partial charge in [-0.1, -0.05) is 143 Å². The lowest BCUT2D eigenvalue weighted by Gasteiger charge is -2.32. The highest BCUT2D eigenvalue weighted by atomic mass is 16.5. The van der Waals surface area contributed by atoms with Gasteiger partial charge < -0.3 is 9.64 Å². The predicted octanol–water partition coefficient (Wildman–Crippen LogP) is 12.8. The average molecular weight is 667 g/mol. The molecule has 0 fully saturated rings. The number of ether oxygens (including phenoxy) is 1. The van der Waals surface area contributed by atoms with Gasteiger partial charge in [0.15, 0.2) is 11.3 Å². The fourth-order valence-electron chi connectivity index (χ4n) is 7.19. The predicted molar refractivity (Wildman–Crippen MR) is 207 cm³/mol. The lowest BCUT2D eigenvalue weighted by molar-refractivity contribution is 0.0386. The number of hydrogen-bond acceptors (Lipinski definition) is 5. The van der Waals surface area contributed by atoms with Crippen LogP contribution in [-0.2, 0) is 4.74 Å². The third kappa shape index (κ3) is 13.0. The molecule has 2 rings (SSSR count). The standard InChI is InChI=1S/C44H66N4O/c1-7-13-17-19-29-44(30-20-18-14-8-2)42(41(33-47)43(49-44)39(31-45)32-46)28-25-38-23-26-40(27-24-38)48(34-36(11-5)21-15-9-3)35-37(12-6)22-16-10-4/h23-28,36-37H,7-22,29-30,34-35H2,1-6H3/b28-25+. The summed E-state index contributed by atoms with van der Waals surface area (Å²) in [5.74, 6) is 1.54. The van der Waals surface area contributed by atoms with E-state index in [2.05, 4.69) is 82.9 Å². The molecule has 0 saturated heterocycles. The molecule has 1 aromatic rings. The van der Waals surface area contributed by atoms with Gasteiger partial charge in [-0.25, -0.2) is 0 Å². The molecule has 1 aliphatic rings. The molecule has 1 aliphatic heterocycles. The average Bonchev–Trinajstić information content (AvgIpc) is 3.43. The molecule has 0 N–H and O–H groups in total. The van der Waals surface area contributed by atoms with Crippen LogP contribution in [0.1, 0.15) is 163 Å². The second-order valence-corrected chi connectivity index (χ2v) is 14.2. The van der Waals surface area contributed by atoms with Crippen LogP contribution in [0.25, 0.3) is 6.08 Å². The molecule has 49 heavy (non-hydrogen) atoms. The molecule has 5 heteroatoms. The van der Waals surface area contributed by atoms with Crippen molar-refractivity contribution >= 4 is 11.8 Å². The summed E-state index contributed by atoms with van der Waals surface area (Å²) in [4.78, 5) is 2.64. The summed E-state index contributed by atoms with van der Waals surface area (Å²) in [7, 11) is 0. The van der Waals surface area contributed by atoms with Crippen LogP contribution in [0.2, 0.25) is 0 Å². The smallest absolute Gasteiger partial charge is 0.172 e. The van der Waals surface area contributed by atoms with Crippen LogP contribution in [0.4, 0.5) is 5.69 Å². The zero-order valence-electron chi connectivity index (χ0n) is 32.0. The minimum Gasteiger partial charge on any atom is -0.479 e. The van der Waals surface area contributed by atoms with Crippen LogP contribution in [0, 0.1) is 45.8 Å². The van der Waals surface area contributed by atoms with Gasteiger partial charge in [0.05, 0.1) is 0 Å². The number of anilines is 1. The number of hydrogen-bond donors (Lipinski definition) is 0. The summed E-state index contributed by atoms with van der Waals surface area (Å²) in [6.45, 7) is 15.8. The third-order valence-corrected chi connectivity index (χ3v) is 10.5. The monoisotopic (exact) mass is 667 g/mol. The van der Waals surface area contributed by atoms with Crippen LogP contribution in [0.3, 0.4) is 0 Å². The molecular weight excluding hydrogens is 601 g/mol. The molecule has 5 nitrogen and oxygen atoms in total. The topological polar surface area (TPSA) is 83.8 Å². The number of nitrogens with zero attached hydrogens (tertiary/aromatic N) is 4. The van der Waals surface area contributed by atoms with E-state index in [1.807, 2.05) is 18.2 Å². The van der Waals surface area contributed by atoms with Crippen molar-refractivity contribution in [3.8, 4) is 18.2 Å². The summed E-state index contributed by atoms with van der Waals surface area (Å²) in [5, 5.41) is 30.0. The summed E-state index contributed by atoms with van der Waals surface area (Å²) >= 11 is 0. The highest BCUT2D eigenvalue weighted by Crippen LogP contribution is 2.47. The van der Waals surface area contributed by atoms with E-state index in [1.165, 1.54) is 57.1 Å². The Morgan fingerprint density at radius 2 is 1.20 bits per heavy atom. The van der Waals surface area contributed by atoms with Gasteiger partial charge in [-0.15, -0.1) is 0 Å². The summed E-state index contributed by atoms with van der Waals surface area (Å²) in [6.07, 6.45) is 24.4. The van der Waals surface area contributed by atoms with E-state index in [0.717, 1.165) is 88.4 Å². The molecular formula is C44H66N4O.